The molecule has 2 atom stereocenters. The zero-order chi connectivity index (χ0) is 9.97. The molecule has 5 heteroatoms. The van der Waals surface area contributed by atoms with Gasteiger partial charge in [-0.25, -0.2) is 0 Å². The Bertz CT molecular complexity index is 291. The van der Waals surface area contributed by atoms with Gasteiger partial charge in [0.2, 0.25) is 5.89 Å². The molecule has 1 aliphatic rings. The molecule has 0 aliphatic carbocycles. The first kappa shape index (κ1) is 9.61. The Morgan fingerprint density at radius 2 is 2.57 bits per heavy atom. The van der Waals surface area contributed by atoms with Crippen molar-refractivity contribution < 1.29 is 4.52 Å². The van der Waals surface area contributed by atoms with E-state index in [1.807, 2.05) is 6.92 Å². The van der Waals surface area contributed by atoms with Crippen molar-refractivity contribution in [2.24, 2.45) is 5.73 Å². The van der Waals surface area contributed by atoms with E-state index in [1.54, 1.807) is 0 Å². The second-order valence-electron chi connectivity index (χ2n) is 3.88. The minimum Gasteiger partial charge on any atom is -0.338 e. The predicted molar refractivity (Wildman–Crippen MR) is 51.6 cm³/mol. The van der Waals surface area contributed by atoms with Crippen LogP contribution in [0.5, 0.6) is 0 Å². The zero-order valence-electron chi connectivity index (χ0n) is 8.36. The Labute approximate surface area is 83.1 Å². The topological polar surface area (TPSA) is 77.0 Å². The van der Waals surface area contributed by atoms with Crippen molar-refractivity contribution in [1.82, 2.24) is 15.5 Å². The lowest BCUT2D eigenvalue weighted by molar-refractivity contribution is 0.340. The number of rotatable bonds is 3. The summed E-state index contributed by atoms with van der Waals surface area (Å²) in [6, 6.07) is 0.335. The van der Waals surface area contributed by atoms with Crippen molar-refractivity contribution in [2.75, 3.05) is 6.54 Å². The van der Waals surface area contributed by atoms with Crippen LogP contribution in [0.25, 0.3) is 0 Å². The third kappa shape index (κ3) is 2.10. The first-order chi connectivity index (χ1) is 6.75. The molecule has 2 unspecified atom stereocenters. The summed E-state index contributed by atoms with van der Waals surface area (Å²) >= 11 is 0. The van der Waals surface area contributed by atoms with E-state index in [1.165, 1.54) is 6.42 Å². The third-order valence-corrected chi connectivity index (χ3v) is 2.35. The monoisotopic (exact) mass is 196 g/mol. The summed E-state index contributed by atoms with van der Waals surface area (Å²) in [6.07, 6.45) is 2.94. The lowest BCUT2D eigenvalue weighted by atomic mass is 10.2. The molecule has 5 nitrogen and oxygen atoms in total. The van der Waals surface area contributed by atoms with Crippen molar-refractivity contribution in [1.29, 1.82) is 0 Å². The van der Waals surface area contributed by atoms with E-state index < -0.39 is 0 Å². The van der Waals surface area contributed by atoms with Crippen LogP contribution < -0.4 is 11.1 Å². The minimum absolute atomic E-state index is 0.0805. The molecule has 0 spiro atoms. The van der Waals surface area contributed by atoms with E-state index in [2.05, 4.69) is 15.5 Å². The zero-order valence-corrected chi connectivity index (χ0v) is 8.36. The summed E-state index contributed by atoms with van der Waals surface area (Å²) in [6.45, 7) is 2.97. The fourth-order valence-electron chi connectivity index (χ4n) is 1.68. The van der Waals surface area contributed by atoms with E-state index in [-0.39, 0.29) is 12.1 Å². The molecular formula is C9H16N4O. The first-order valence-corrected chi connectivity index (χ1v) is 5.07. The fourth-order valence-corrected chi connectivity index (χ4v) is 1.68. The molecule has 0 amide bonds. The van der Waals surface area contributed by atoms with Gasteiger partial charge in [-0.3, -0.25) is 0 Å². The van der Waals surface area contributed by atoms with E-state index in [0.717, 1.165) is 13.0 Å². The van der Waals surface area contributed by atoms with Gasteiger partial charge in [0.25, 0.3) is 0 Å². The average Bonchev–Trinajstić information content (AvgIpc) is 2.69. The molecule has 2 heterocycles. The summed E-state index contributed by atoms with van der Waals surface area (Å²) in [4.78, 5) is 4.31. The van der Waals surface area contributed by atoms with Crippen LogP contribution in [0.3, 0.4) is 0 Å². The average molecular weight is 196 g/mol. The summed E-state index contributed by atoms with van der Waals surface area (Å²) in [5.41, 5.74) is 5.65. The number of hydrogen-bond acceptors (Lipinski definition) is 5. The molecule has 3 N–H and O–H groups in total. The molecule has 1 fully saturated rings. The number of nitrogens with one attached hydrogen (secondary N) is 1. The molecule has 1 aliphatic heterocycles. The van der Waals surface area contributed by atoms with Gasteiger partial charge in [-0.1, -0.05) is 5.16 Å². The Morgan fingerprint density at radius 1 is 1.71 bits per heavy atom. The van der Waals surface area contributed by atoms with Gasteiger partial charge in [-0.05, 0) is 26.3 Å². The van der Waals surface area contributed by atoms with E-state index in [0.29, 0.717) is 18.1 Å². The minimum atomic E-state index is 0.0805. The standard InChI is InChI=1S/C9H16N4O/c1-6(10)5-8-12-9(14-13-8)7-3-2-4-11-7/h6-7,11H,2-5,10H2,1H3. The fraction of sp³-hybridized carbons (Fsp3) is 0.778. The highest BCUT2D eigenvalue weighted by Gasteiger charge is 2.22. The number of nitrogens with zero attached hydrogens (tertiary/aromatic N) is 2. The van der Waals surface area contributed by atoms with Crippen LogP contribution in [0.4, 0.5) is 0 Å². The van der Waals surface area contributed by atoms with E-state index >= 15 is 0 Å². The predicted octanol–water partition coefficient (Wildman–Crippen LogP) is 0.384. The Hall–Kier alpha value is -0.940. The maximum Gasteiger partial charge on any atom is 0.243 e. The molecule has 0 radical (unpaired) electrons. The molecule has 14 heavy (non-hydrogen) atoms. The Morgan fingerprint density at radius 3 is 3.21 bits per heavy atom. The van der Waals surface area contributed by atoms with Crippen molar-refractivity contribution in [3.8, 4) is 0 Å². The Kier molecular flexibility index (Phi) is 2.79. The van der Waals surface area contributed by atoms with Crippen LogP contribution in [0, 0.1) is 0 Å². The third-order valence-electron chi connectivity index (χ3n) is 2.35. The van der Waals surface area contributed by atoms with Crippen LogP contribution in [-0.2, 0) is 6.42 Å². The number of aromatic nitrogens is 2. The molecule has 0 saturated carbocycles. The van der Waals surface area contributed by atoms with Crippen molar-refractivity contribution in [3.05, 3.63) is 11.7 Å². The van der Waals surface area contributed by atoms with Gasteiger partial charge in [-0.15, -0.1) is 0 Å². The molecule has 2 rings (SSSR count). The summed E-state index contributed by atoms with van der Waals surface area (Å²) in [5.74, 6) is 1.42. The smallest absolute Gasteiger partial charge is 0.243 e. The highest BCUT2D eigenvalue weighted by Crippen LogP contribution is 2.21. The van der Waals surface area contributed by atoms with Gasteiger partial charge in [0.15, 0.2) is 5.82 Å². The van der Waals surface area contributed by atoms with Crippen LogP contribution in [0.2, 0.25) is 0 Å². The second-order valence-corrected chi connectivity index (χ2v) is 3.88. The summed E-state index contributed by atoms with van der Waals surface area (Å²) in [5, 5.41) is 7.21. The SMILES string of the molecule is CC(N)Cc1noc(C2CCCN2)n1. The normalized spacial score (nSPS) is 24.0. The summed E-state index contributed by atoms with van der Waals surface area (Å²) < 4.78 is 5.17. The largest absolute Gasteiger partial charge is 0.338 e. The summed E-state index contributed by atoms with van der Waals surface area (Å²) in [7, 11) is 0. The molecule has 1 aromatic rings. The molecule has 0 bridgehead atoms. The Balaban J connectivity index is 2.01. The lowest BCUT2D eigenvalue weighted by Gasteiger charge is -2.01. The number of nitrogens with two attached hydrogens (primary N) is 1. The number of hydrogen-bond donors (Lipinski definition) is 2. The molecular weight excluding hydrogens is 180 g/mol. The van der Waals surface area contributed by atoms with E-state index in [9.17, 15) is 0 Å². The van der Waals surface area contributed by atoms with Gasteiger partial charge >= 0.3 is 0 Å². The van der Waals surface area contributed by atoms with Gasteiger partial charge in [-0.2, -0.15) is 4.98 Å². The van der Waals surface area contributed by atoms with Gasteiger partial charge in [0.1, 0.15) is 0 Å². The highest BCUT2D eigenvalue weighted by atomic mass is 16.5. The molecule has 78 valence electrons. The molecule has 0 aromatic carbocycles. The van der Waals surface area contributed by atoms with Gasteiger partial charge < -0.3 is 15.6 Å². The maximum atomic E-state index is 5.65. The molecule has 1 saturated heterocycles. The van der Waals surface area contributed by atoms with Crippen molar-refractivity contribution in [2.45, 2.75) is 38.3 Å². The van der Waals surface area contributed by atoms with Crippen molar-refractivity contribution >= 4 is 0 Å². The lowest BCUT2D eigenvalue weighted by Crippen LogP contribution is -2.18. The highest BCUT2D eigenvalue weighted by molar-refractivity contribution is 4.96. The first-order valence-electron chi connectivity index (χ1n) is 5.07. The van der Waals surface area contributed by atoms with Crippen LogP contribution in [-0.4, -0.2) is 22.7 Å². The second kappa shape index (κ2) is 4.06. The van der Waals surface area contributed by atoms with Crippen molar-refractivity contribution in [3.63, 3.8) is 0 Å². The quantitative estimate of drug-likeness (QED) is 0.731. The van der Waals surface area contributed by atoms with E-state index in [4.69, 9.17) is 10.3 Å². The van der Waals surface area contributed by atoms with Crippen LogP contribution in [0.1, 0.15) is 37.5 Å². The van der Waals surface area contributed by atoms with Crippen LogP contribution in [0.15, 0.2) is 4.52 Å². The molecule has 1 aromatic heterocycles. The van der Waals surface area contributed by atoms with Gasteiger partial charge in [0.05, 0.1) is 6.04 Å². The van der Waals surface area contributed by atoms with Gasteiger partial charge in [0, 0.05) is 12.5 Å². The van der Waals surface area contributed by atoms with Crippen LogP contribution >= 0.6 is 0 Å². The maximum absolute atomic E-state index is 5.65.